The van der Waals surface area contributed by atoms with Gasteiger partial charge in [-0.3, -0.25) is 9.59 Å². The molecule has 1 aliphatic heterocycles. The maximum Gasteiger partial charge on any atom is 0.303 e. The van der Waals surface area contributed by atoms with Gasteiger partial charge in [0.25, 0.3) is 0 Å². The fourth-order valence-corrected chi connectivity index (χ4v) is 2.05. The summed E-state index contributed by atoms with van der Waals surface area (Å²) in [4.78, 5) is 24.0. The number of nitrogens with zero attached hydrogens (tertiary/aromatic N) is 1. The Morgan fingerprint density at radius 3 is 2.39 bits per heavy atom. The Morgan fingerprint density at radius 1 is 1.22 bits per heavy atom. The summed E-state index contributed by atoms with van der Waals surface area (Å²) in [5.74, 6) is -0.545. The van der Waals surface area contributed by atoms with Gasteiger partial charge >= 0.3 is 5.97 Å². The molecule has 1 saturated heterocycles. The van der Waals surface area contributed by atoms with E-state index >= 15 is 0 Å². The van der Waals surface area contributed by atoms with E-state index in [1.165, 1.54) is 0 Å². The highest BCUT2D eigenvalue weighted by Gasteiger charge is 2.31. The maximum atomic E-state index is 11.8. The monoisotopic (exact) mass is 249 g/mol. The number of carboxylic acid groups (broad SMARTS) is 1. The number of aliphatic carboxylic acids is 1. The van der Waals surface area contributed by atoms with Crippen molar-refractivity contribution in [2.45, 2.75) is 12.8 Å². The number of amides is 1. The summed E-state index contributed by atoms with van der Waals surface area (Å²) in [7, 11) is 0. The SMILES string of the molecule is O=C(O)CC1CN(C(=O)Cc2ccc(O)cc2)C1. The third-order valence-corrected chi connectivity index (χ3v) is 3.06. The molecule has 1 fully saturated rings. The van der Waals surface area contributed by atoms with Gasteiger partial charge in [0.05, 0.1) is 12.8 Å². The normalized spacial score (nSPS) is 15.2. The van der Waals surface area contributed by atoms with Crippen LogP contribution in [0.15, 0.2) is 24.3 Å². The first-order valence-electron chi connectivity index (χ1n) is 5.82. The van der Waals surface area contributed by atoms with Gasteiger partial charge in [-0.05, 0) is 17.7 Å². The molecular formula is C13H15NO4. The third kappa shape index (κ3) is 3.00. The Morgan fingerprint density at radius 2 is 1.83 bits per heavy atom. The molecule has 2 N–H and O–H groups in total. The Kier molecular flexibility index (Phi) is 3.50. The van der Waals surface area contributed by atoms with Crippen LogP contribution in [0.3, 0.4) is 0 Å². The standard InChI is InChI=1S/C13H15NO4/c15-11-3-1-9(2-4-11)5-12(16)14-7-10(8-14)6-13(17)18/h1-4,10,15H,5-8H2,(H,17,18). The first-order chi connectivity index (χ1) is 8.54. The largest absolute Gasteiger partial charge is 0.508 e. The Bertz CT molecular complexity index is 449. The lowest BCUT2D eigenvalue weighted by molar-refractivity contribution is -0.144. The quantitative estimate of drug-likeness (QED) is 0.830. The van der Waals surface area contributed by atoms with E-state index in [4.69, 9.17) is 10.2 Å². The lowest BCUT2D eigenvalue weighted by atomic mass is 9.95. The number of aromatic hydroxyl groups is 1. The van der Waals surface area contributed by atoms with Crippen molar-refractivity contribution in [3.63, 3.8) is 0 Å². The lowest BCUT2D eigenvalue weighted by Gasteiger charge is -2.38. The summed E-state index contributed by atoms with van der Waals surface area (Å²) in [5, 5.41) is 17.7. The van der Waals surface area contributed by atoms with E-state index in [0.717, 1.165) is 5.56 Å². The van der Waals surface area contributed by atoms with Crippen molar-refractivity contribution in [3.8, 4) is 5.75 Å². The molecule has 1 aromatic carbocycles. The van der Waals surface area contributed by atoms with E-state index in [-0.39, 0.29) is 24.0 Å². The zero-order valence-corrected chi connectivity index (χ0v) is 9.87. The topological polar surface area (TPSA) is 77.8 Å². The smallest absolute Gasteiger partial charge is 0.303 e. The molecule has 18 heavy (non-hydrogen) atoms. The molecule has 0 aromatic heterocycles. The summed E-state index contributed by atoms with van der Waals surface area (Å²) in [6.07, 6.45) is 0.420. The molecule has 0 atom stereocenters. The van der Waals surface area contributed by atoms with E-state index in [1.807, 2.05) is 0 Å². The first-order valence-corrected chi connectivity index (χ1v) is 5.82. The van der Waals surface area contributed by atoms with Gasteiger partial charge in [-0.25, -0.2) is 0 Å². The highest BCUT2D eigenvalue weighted by atomic mass is 16.4. The molecular weight excluding hydrogens is 234 g/mol. The maximum absolute atomic E-state index is 11.8. The van der Waals surface area contributed by atoms with E-state index < -0.39 is 5.97 Å². The molecule has 2 rings (SSSR count). The Balaban J connectivity index is 1.80. The van der Waals surface area contributed by atoms with E-state index in [2.05, 4.69) is 0 Å². The molecule has 1 heterocycles. The van der Waals surface area contributed by atoms with Crippen LogP contribution in [-0.4, -0.2) is 40.1 Å². The summed E-state index contributed by atoms with van der Waals surface area (Å²) < 4.78 is 0. The second-order valence-corrected chi connectivity index (χ2v) is 4.61. The zero-order chi connectivity index (χ0) is 13.1. The summed E-state index contributed by atoms with van der Waals surface area (Å²) in [6.45, 7) is 1.06. The molecule has 0 saturated carbocycles. The molecule has 0 aliphatic carbocycles. The molecule has 1 aliphatic rings. The summed E-state index contributed by atoms with van der Waals surface area (Å²) >= 11 is 0. The van der Waals surface area contributed by atoms with Crippen LogP contribution in [0.4, 0.5) is 0 Å². The van der Waals surface area contributed by atoms with Gasteiger partial charge in [-0.2, -0.15) is 0 Å². The van der Waals surface area contributed by atoms with Gasteiger partial charge < -0.3 is 15.1 Å². The minimum absolute atomic E-state index is 0.00216. The minimum Gasteiger partial charge on any atom is -0.508 e. The van der Waals surface area contributed by atoms with Crippen LogP contribution < -0.4 is 0 Å². The fourth-order valence-electron chi connectivity index (χ4n) is 2.05. The minimum atomic E-state index is -0.814. The fraction of sp³-hybridized carbons (Fsp3) is 0.385. The molecule has 0 spiro atoms. The number of phenols is 1. The third-order valence-electron chi connectivity index (χ3n) is 3.06. The zero-order valence-electron chi connectivity index (χ0n) is 9.87. The molecule has 0 bridgehead atoms. The second-order valence-electron chi connectivity index (χ2n) is 4.61. The van der Waals surface area contributed by atoms with Gasteiger partial charge in [0.1, 0.15) is 5.75 Å². The van der Waals surface area contributed by atoms with Crippen LogP contribution in [0, 0.1) is 5.92 Å². The Hall–Kier alpha value is -2.04. The van der Waals surface area contributed by atoms with Crippen LogP contribution in [-0.2, 0) is 16.0 Å². The average molecular weight is 249 g/mol. The highest BCUT2D eigenvalue weighted by molar-refractivity contribution is 5.80. The number of carbonyl (C=O) groups is 2. The van der Waals surface area contributed by atoms with Crippen LogP contribution in [0.25, 0.3) is 0 Å². The number of phenolic OH excluding ortho intramolecular Hbond substituents is 1. The lowest BCUT2D eigenvalue weighted by Crippen LogP contribution is -2.51. The van der Waals surface area contributed by atoms with Crippen molar-refractivity contribution in [2.75, 3.05) is 13.1 Å². The highest BCUT2D eigenvalue weighted by Crippen LogP contribution is 2.20. The van der Waals surface area contributed by atoms with Gasteiger partial charge in [-0.15, -0.1) is 0 Å². The number of carbonyl (C=O) groups excluding carboxylic acids is 1. The predicted octanol–water partition coefficient (Wildman–Crippen LogP) is 0.868. The van der Waals surface area contributed by atoms with Crippen molar-refractivity contribution in [3.05, 3.63) is 29.8 Å². The van der Waals surface area contributed by atoms with Crippen molar-refractivity contribution in [1.82, 2.24) is 4.90 Å². The number of hydrogen-bond donors (Lipinski definition) is 2. The van der Waals surface area contributed by atoms with Gasteiger partial charge in [0.15, 0.2) is 0 Å². The number of rotatable bonds is 4. The number of likely N-dealkylation sites (tertiary alicyclic amines) is 1. The van der Waals surface area contributed by atoms with Crippen molar-refractivity contribution < 1.29 is 19.8 Å². The van der Waals surface area contributed by atoms with Gasteiger partial charge in [0, 0.05) is 19.0 Å². The number of benzene rings is 1. The van der Waals surface area contributed by atoms with Crippen LogP contribution in [0.5, 0.6) is 5.75 Å². The summed E-state index contributed by atoms with van der Waals surface area (Å²) in [6, 6.07) is 6.52. The van der Waals surface area contributed by atoms with Crippen LogP contribution in [0.1, 0.15) is 12.0 Å². The van der Waals surface area contributed by atoms with Crippen molar-refractivity contribution in [1.29, 1.82) is 0 Å². The molecule has 1 amide bonds. The molecule has 0 radical (unpaired) electrons. The predicted molar refractivity (Wildman–Crippen MR) is 64.1 cm³/mol. The molecule has 1 aromatic rings. The molecule has 0 unspecified atom stereocenters. The van der Waals surface area contributed by atoms with Gasteiger partial charge in [0.2, 0.25) is 5.91 Å². The van der Waals surface area contributed by atoms with Crippen LogP contribution >= 0.6 is 0 Å². The van der Waals surface area contributed by atoms with Crippen LogP contribution in [0.2, 0.25) is 0 Å². The number of carboxylic acids is 1. The average Bonchev–Trinajstić information content (AvgIpc) is 2.25. The first kappa shape index (κ1) is 12.4. The number of hydrogen-bond acceptors (Lipinski definition) is 3. The Labute approximate surface area is 105 Å². The molecule has 5 nitrogen and oxygen atoms in total. The van der Waals surface area contributed by atoms with Crippen molar-refractivity contribution >= 4 is 11.9 Å². The second kappa shape index (κ2) is 5.08. The van der Waals surface area contributed by atoms with E-state index in [9.17, 15) is 9.59 Å². The molecule has 96 valence electrons. The summed E-state index contributed by atoms with van der Waals surface area (Å²) in [5.41, 5.74) is 0.847. The molecule has 5 heteroatoms. The van der Waals surface area contributed by atoms with E-state index in [1.54, 1.807) is 29.2 Å². The van der Waals surface area contributed by atoms with Gasteiger partial charge in [-0.1, -0.05) is 12.1 Å². The van der Waals surface area contributed by atoms with E-state index in [0.29, 0.717) is 19.5 Å². The van der Waals surface area contributed by atoms with Crippen molar-refractivity contribution in [2.24, 2.45) is 5.92 Å².